The smallest absolute Gasteiger partial charge is 0.129 e. The number of pyridine rings is 2. The lowest BCUT2D eigenvalue weighted by molar-refractivity contribution is -0.980. The van der Waals surface area contributed by atoms with Crippen molar-refractivity contribution >= 4 is 0 Å². The first kappa shape index (κ1) is 17.6. The minimum Gasteiger partial charge on any atom is -0.315 e. The van der Waals surface area contributed by atoms with Crippen LogP contribution in [0.15, 0.2) is 49.1 Å². The van der Waals surface area contributed by atoms with Crippen LogP contribution < -0.4 is 0 Å². The molecule has 0 spiro atoms. The Morgan fingerprint density at radius 3 is 1.65 bits per heavy atom. The van der Waals surface area contributed by atoms with E-state index in [9.17, 15) is 0 Å². The molecular formula is C22H32N4+2. The lowest BCUT2D eigenvalue weighted by atomic mass is 10.0. The van der Waals surface area contributed by atoms with Crippen LogP contribution in [-0.4, -0.2) is 59.2 Å². The summed E-state index contributed by atoms with van der Waals surface area (Å²) >= 11 is 0. The molecule has 0 bridgehead atoms. The van der Waals surface area contributed by atoms with Crippen molar-refractivity contribution in [2.75, 3.05) is 40.3 Å². The quantitative estimate of drug-likeness (QED) is 0.766. The zero-order valence-electron chi connectivity index (χ0n) is 16.2. The van der Waals surface area contributed by atoms with Gasteiger partial charge in [0.25, 0.3) is 0 Å². The number of likely N-dealkylation sites (tertiary alicyclic amines) is 2. The number of rotatable bonds is 5. The highest BCUT2D eigenvalue weighted by atomic mass is 15.4. The van der Waals surface area contributed by atoms with Crippen LogP contribution in [-0.2, 0) is 0 Å². The van der Waals surface area contributed by atoms with E-state index < -0.39 is 0 Å². The molecule has 2 fully saturated rings. The van der Waals surface area contributed by atoms with Gasteiger partial charge >= 0.3 is 0 Å². The van der Waals surface area contributed by atoms with Gasteiger partial charge < -0.3 is 8.97 Å². The lowest BCUT2D eigenvalue weighted by Gasteiger charge is -2.42. The molecule has 26 heavy (non-hydrogen) atoms. The molecule has 2 aromatic heterocycles. The molecule has 0 saturated carbocycles. The van der Waals surface area contributed by atoms with Crippen LogP contribution in [0.5, 0.6) is 0 Å². The number of hydrogen-bond acceptors (Lipinski definition) is 2. The van der Waals surface area contributed by atoms with Gasteiger partial charge in [-0.25, -0.2) is 0 Å². The van der Waals surface area contributed by atoms with E-state index in [1.54, 1.807) is 0 Å². The van der Waals surface area contributed by atoms with Gasteiger partial charge in [-0.2, -0.15) is 0 Å². The zero-order valence-corrected chi connectivity index (χ0v) is 16.2. The Kier molecular flexibility index (Phi) is 4.80. The standard InChI is InChI=1S/C22H32N4/c1-25(13-5-9-21(25)19-7-3-11-23-17-19)15-16-26(2)14-6-10-22(26)20-8-4-12-24-18-20/h3-4,7-8,11-12,17-18,21-22H,5-6,9-10,13-16H2,1-2H3/q+2/t21-,22-,25-,26-/m0/s1. The molecule has 2 aliphatic rings. The van der Waals surface area contributed by atoms with Crippen molar-refractivity contribution < 1.29 is 8.97 Å². The summed E-state index contributed by atoms with van der Waals surface area (Å²) in [6.07, 6.45) is 13.2. The van der Waals surface area contributed by atoms with Gasteiger partial charge in [0.15, 0.2) is 0 Å². The Labute approximate surface area is 157 Å². The largest absolute Gasteiger partial charge is 0.315 e. The third-order valence-electron chi connectivity index (χ3n) is 7.06. The SMILES string of the molecule is C[N@@+]1(CC[N@+]2(C)CCC[C@H]2c2cccnc2)CCC[C@H]1c1cccnc1. The molecule has 0 N–H and O–H groups in total. The third kappa shape index (κ3) is 3.28. The van der Waals surface area contributed by atoms with Crippen LogP contribution in [0, 0.1) is 0 Å². The van der Waals surface area contributed by atoms with Crippen molar-refractivity contribution in [3.05, 3.63) is 60.2 Å². The molecule has 138 valence electrons. The summed E-state index contributed by atoms with van der Waals surface area (Å²) < 4.78 is 2.33. The molecule has 4 atom stereocenters. The van der Waals surface area contributed by atoms with Gasteiger partial charge in [0, 0.05) is 61.6 Å². The molecule has 4 heterocycles. The maximum absolute atomic E-state index is 4.38. The van der Waals surface area contributed by atoms with E-state index >= 15 is 0 Å². The van der Waals surface area contributed by atoms with Crippen LogP contribution in [0.4, 0.5) is 0 Å². The van der Waals surface area contributed by atoms with Crippen LogP contribution >= 0.6 is 0 Å². The molecule has 0 aromatic carbocycles. The molecule has 0 aliphatic carbocycles. The van der Waals surface area contributed by atoms with Crippen molar-refractivity contribution in [1.29, 1.82) is 0 Å². The fourth-order valence-electron chi connectivity index (χ4n) is 5.42. The summed E-state index contributed by atoms with van der Waals surface area (Å²) in [5.41, 5.74) is 2.83. The topological polar surface area (TPSA) is 25.8 Å². The van der Waals surface area contributed by atoms with Crippen LogP contribution in [0.3, 0.4) is 0 Å². The van der Waals surface area contributed by atoms with E-state index in [1.807, 2.05) is 12.4 Å². The summed E-state index contributed by atoms with van der Waals surface area (Å²) in [5, 5.41) is 0. The second kappa shape index (κ2) is 7.09. The number of nitrogens with zero attached hydrogens (tertiary/aromatic N) is 4. The predicted octanol–water partition coefficient (Wildman–Crippen LogP) is 3.74. The number of hydrogen-bond donors (Lipinski definition) is 0. The first-order valence-corrected chi connectivity index (χ1v) is 10.1. The van der Waals surface area contributed by atoms with E-state index in [0.29, 0.717) is 12.1 Å². The highest BCUT2D eigenvalue weighted by Gasteiger charge is 2.44. The molecule has 2 aromatic rings. The zero-order chi connectivity index (χ0) is 18.0. The molecule has 4 rings (SSSR count). The summed E-state index contributed by atoms with van der Waals surface area (Å²) in [6, 6.07) is 9.92. The van der Waals surface area contributed by atoms with Crippen LogP contribution in [0.1, 0.15) is 48.9 Å². The van der Waals surface area contributed by atoms with Gasteiger partial charge in [-0.1, -0.05) is 12.1 Å². The number of aromatic nitrogens is 2. The monoisotopic (exact) mass is 352 g/mol. The second-order valence-electron chi connectivity index (χ2n) is 8.74. The molecule has 2 aliphatic heterocycles. The van der Waals surface area contributed by atoms with E-state index in [2.05, 4.69) is 60.7 Å². The Morgan fingerprint density at radius 2 is 1.27 bits per heavy atom. The first-order chi connectivity index (χ1) is 12.6. The third-order valence-corrected chi connectivity index (χ3v) is 7.06. The lowest BCUT2D eigenvalue weighted by Crippen LogP contribution is -2.53. The van der Waals surface area contributed by atoms with Gasteiger partial charge in [0.05, 0.1) is 27.2 Å². The molecule has 4 heteroatoms. The Bertz CT molecular complexity index is 656. The Hall–Kier alpha value is -1.78. The van der Waals surface area contributed by atoms with Gasteiger partial charge in [0.2, 0.25) is 0 Å². The predicted molar refractivity (Wildman–Crippen MR) is 104 cm³/mol. The minimum atomic E-state index is 0.606. The van der Waals surface area contributed by atoms with Crippen molar-refractivity contribution in [3.8, 4) is 0 Å². The average molecular weight is 353 g/mol. The fourth-order valence-corrected chi connectivity index (χ4v) is 5.42. The first-order valence-electron chi connectivity index (χ1n) is 10.1. The van der Waals surface area contributed by atoms with E-state index in [-0.39, 0.29) is 0 Å². The van der Waals surface area contributed by atoms with E-state index in [4.69, 9.17) is 0 Å². The fraction of sp³-hybridized carbons (Fsp3) is 0.545. The Balaban J connectivity index is 1.50. The highest BCUT2D eigenvalue weighted by Crippen LogP contribution is 2.40. The summed E-state index contributed by atoms with van der Waals surface area (Å²) in [6.45, 7) is 5.06. The van der Waals surface area contributed by atoms with Crippen molar-refractivity contribution in [2.24, 2.45) is 0 Å². The summed E-state index contributed by atoms with van der Waals surface area (Å²) in [4.78, 5) is 8.75. The molecule has 0 radical (unpaired) electrons. The Morgan fingerprint density at radius 1 is 0.808 bits per heavy atom. The minimum absolute atomic E-state index is 0.606. The summed E-state index contributed by atoms with van der Waals surface area (Å²) in [5.74, 6) is 0. The van der Waals surface area contributed by atoms with Crippen LogP contribution in [0.25, 0.3) is 0 Å². The highest BCUT2D eigenvalue weighted by molar-refractivity contribution is 5.14. The second-order valence-corrected chi connectivity index (χ2v) is 8.74. The van der Waals surface area contributed by atoms with Gasteiger partial charge in [-0.15, -0.1) is 0 Å². The molecule has 2 saturated heterocycles. The van der Waals surface area contributed by atoms with Crippen molar-refractivity contribution in [3.63, 3.8) is 0 Å². The molecule has 4 nitrogen and oxygen atoms in total. The van der Waals surface area contributed by atoms with Gasteiger partial charge in [0.1, 0.15) is 25.2 Å². The van der Waals surface area contributed by atoms with Crippen molar-refractivity contribution in [1.82, 2.24) is 9.97 Å². The average Bonchev–Trinajstić information content (AvgIpc) is 3.25. The number of quaternary nitrogens is 2. The molecular weight excluding hydrogens is 320 g/mol. The van der Waals surface area contributed by atoms with E-state index in [0.717, 1.165) is 0 Å². The molecule has 0 unspecified atom stereocenters. The number of likely N-dealkylation sites (N-methyl/N-ethyl adjacent to an activating group) is 2. The van der Waals surface area contributed by atoms with Gasteiger partial charge in [-0.05, 0) is 12.1 Å². The molecule has 0 amide bonds. The van der Waals surface area contributed by atoms with Gasteiger partial charge in [-0.3, -0.25) is 9.97 Å². The van der Waals surface area contributed by atoms with Crippen molar-refractivity contribution in [2.45, 2.75) is 37.8 Å². The maximum atomic E-state index is 4.38. The summed E-state index contributed by atoms with van der Waals surface area (Å²) in [7, 11) is 4.93. The maximum Gasteiger partial charge on any atom is 0.129 e. The van der Waals surface area contributed by atoms with Crippen LogP contribution in [0.2, 0.25) is 0 Å². The normalized spacial score (nSPS) is 34.2. The van der Waals surface area contributed by atoms with E-state index in [1.165, 1.54) is 72.0 Å².